The topological polar surface area (TPSA) is 80.1 Å². The van der Waals surface area contributed by atoms with Gasteiger partial charge < -0.3 is 14.8 Å². The third-order valence-corrected chi connectivity index (χ3v) is 8.69. The first-order valence-corrected chi connectivity index (χ1v) is 14.6. The van der Waals surface area contributed by atoms with E-state index in [-0.39, 0.29) is 23.8 Å². The highest BCUT2D eigenvalue weighted by Gasteiger charge is 2.33. The number of amides is 2. The molecule has 7 nitrogen and oxygen atoms in total. The van der Waals surface area contributed by atoms with E-state index in [9.17, 15) is 9.59 Å². The van der Waals surface area contributed by atoms with Crippen molar-refractivity contribution < 1.29 is 9.59 Å². The monoisotopic (exact) mass is 511 g/mol. The van der Waals surface area contributed by atoms with Gasteiger partial charge in [0.1, 0.15) is 0 Å². The summed E-state index contributed by atoms with van der Waals surface area (Å²) in [5, 5.41) is 12.7. The molecule has 0 spiro atoms. The van der Waals surface area contributed by atoms with Crippen LogP contribution in [-0.4, -0.2) is 49.3 Å². The number of hydrogen-bond donors (Lipinski definition) is 1. The van der Waals surface area contributed by atoms with Crippen LogP contribution >= 0.6 is 11.8 Å². The van der Waals surface area contributed by atoms with Crippen LogP contribution in [-0.2, 0) is 11.8 Å². The molecule has 1 N–H and O–H groups in total. The molecule has 8 heteroatoms. The van der Waals surface area contributed by atoms with E-state index in [0.717, 1.165) is 25.7 Å². The Kier molecular flexibility index (Phi) is 9.46. The number of rotatable bonds is 9. The van der Waals surface area contributed by atoms with Crippen molar-refractivity contribution in [2.75, 3.05) is 5.75 Å². The minimum atomic E-state index is -0.277. The first-order valence-electron chi connectivity index (χ1n) is 13.6. The lowest BCUT2D eigenvalue weighted by atomic mass is 9.88. The average Bonchev–Trinajstić information content (AvgIpc) is 3.27. The molecule has 2 aliphatic carbocycles. The summed E-state index contributed by atoms with van der Waals surface area (Å²) in [6.07, 6.45) is 12.0. The van der Waals surface area contributed by atoms with Crippen molar-refractivity contribution in [3.63, 3.8) is 0 Å². The summed E-state index contributed by atoms with van der Waals surface area (Å²) in [6.45, 7) is 4.13. The molecule has 2 aromatic rings. The predicted molar refractivity (Wildman–Crippen MR) is 144 cm³/mol. The molecule has 2 amide bonds. The summed E-state index contributed by atoms with van der Waals surface area (Å²) in [5.74, 6) is 1.33. The van der Waals surface area contributed by atoms with Crippen LogP contribution in [0.3, 0.4) is 0 Å². The van der Waals surface area contributed by atoms with Gasteiger partial charge in [-0.1, -0.05) is 82.3 Å². The molecule has 1 aromatic heterocycles. The third kappa shape index (κ3) is 6.50. The van der Waals surface area contributed by atoms with E-state index in [1.807, 2.05) is 29.8 Å². The summed E-state index contributed by atoms with van der Waals surface area (Å²) in [5.41, 5.74) is 0.621. The van der Waals surface area contributed by atoms with Crippen molar-refractivity contribution >= 4 is 23.6 Å². The van der Waals surface area contributed by atoms with Crippen LogP contribution in [0.4, 0.5) is 0 Å². The fourth-order valence-corrected chi connectivity index (χ4v) is 6.48. The first kappa shape index (κ1) is 26.7. The van der Waals surface area contributed by atoms with E-state index < -0.39 is 0 Å². The minimum absolute atomic E-state index is 0.128. The van der Waals surface area contributed by atoms with E-state index in [1.54, 1.807) is 12.1 Å². The second-order valence-electron chi connectivity index (χ2n) is 10.6. The summed E-state index contributed by atoms with van der Waals surface area (Å²) in [6, 6.07) is 9.73. The zero-order valence-electron chi connectivity index (χ0n) is 22.0. The van der Waals surface area contributed by atoms with Gasteiger partial charge in [0.15, 0.2) is 11.0 Å². The Balaban J connectivity index is 1.43. The number of thioether (sulfide) groups is 1. The Morgan fingerprint density at radius 2 is 1.56 bits per heavy atom. The number of nitrogens with zero attached hydrogens (tertiary/aromatic N) is 4. The van der Waals surface area contributed by atoms with Crippen molar-refractivity contribution in [1.29, 1.82) is 0 Å². The van der Waals surface area contributed by atoms with E-state index in [2.05, 4.69) is 34.3 Å². The highest BCUT2D eigenvalue weighted by atomic mass is 32.2. The summed E-state index contributed by atoms with van der Waals surface area (Å²) >= 11 is 1.46. The standard InChI is InChI=1S/C28H41N5O2S/c1-20(2)25(29-27(35)21-13-7-4-8-14-21)26-30-31-28(32(26)3)36-19-24(34)33(22-15-9-5-10-16-22)23-17-11-6-12-18-23/h4,7-8,13-14,20,22-23,25H,5-6,9-12,15-19H2,1-3H3,(H,29,35)/t25-/m0/s1. The molecule has 0 bridgehead atoms. The zero-order chi connectivity index (χ0) is 25.5. The van der Waals surface area contributed by atoms with Gasteiger partial charge in [0.05, 0.1) is 11.8 Å². The minimum Gasteiger partial charge on any atom is -0.342 e. The molecule has 4 rings (SSSR count). The largest absolute Gasteiger partial charge is 0.342 e. The SMILES string of the molecule is CC(C)[C@H](NC(=O)c1ccccc1)c1nnc(SCC(=O)N(C2CCCCC2)C2CCCCC2)n1C. The Morgan fingerprint density at radius 1 is 0.972 bits per heavy atom. The van der Waals surface area contributed by atoms with Crippen LogP contribution in [0.1, 0.15) is 100 Å². The predicted octanol–water partition coefficient (Wildman–Crippen LogP) is 5.53. The van der Waals surface area contributed by atoms with E-state index in [0.29, 0.717) is 34.4 Å². The van der Waals surface area contributed by atoms with Gasteiger partial charge in [0.25, 0.3) is 5.91 Å². The molecule has 0 unspecified atom stereocenters. The van der Waals surface area contributed by atoms with E-state index in [4.69, 9.17) is 0 Å². The molecule has 0 saturated heterocycles. The third-order valence-electron chi connectivity index (χ3n) is 7.68. The molecule has 0 radical (unpaired) electrons. The maximum Gasteiger partial charge on any atom is 0.251 e. The van der Waals surface area contributed by atoms with Gasteiger partial charge in [-0.15, -0.1) is 10.2 Å². The molecule has 1 atom stereocenters. The van der Waals surface area contributed by atoms with Crippen LogP contribution in [0.25, 0.3) is 0 Å². The number of hydrogen-bond acceptors (Lipinski definition) is 5. The lowest BCUT2D eigenvalue weighted by Crippen LogP contribution is -2.49. The van der Waals surface area contributed by atoms with Crippen molar-refractivity contribution in [2.45, 2.75) is 101 Å². The Labute approximate surface area is 219 Å². The number of carbonyl (C=O) groups is 2. The van der Waals surface area contributed by atoms with Crippen LogP contribution in [0.15, 0.2) is 35.5 Å². The van der Waals surface area contributed by atoms with Gasteiger partial charge in [-0.05, 0) is 43.7 Å². The molecule has 0 aliphatic heterocycles. The summed E-state index contributed by atoms with van der Waals surface area (Å²) in [4.78, 5) is 28.6. The van der Waals surface area contributed by atoms with Gasteiger partial charge in [-0.2, -0.15) is 0 Å². The van der Waals surface area contributed by atoms with Crippen LogP contribution in [0.5, 0.6) is 0 Å². The van der Waals surface area contributed by atoms with Crippen LogP contribution in [0, 0.1) is 5.92 Å². The van der Waals surface area contributed by atoms with Gasteiger partial charge in [-0.25, -0.2) is 0 Å². The molecular formula is C28H41N5O2S. The average molecular weight is 512 g/mol. The number of benzene rings is 1. The highest BCUT2D eigenvalue weighted by molar-refractivity contribution is 7.99. The van der Waals surface area contributed by atoms with Crippen molar-refractivity contribution in [3.05, 3.63) is 41.7 Å². The smallest absolute Gasteiger partial charge is 0.251 e. The molecule has 2 aliphatic rings. The fraction of sp³-hybridized carbons (Fsp3) is 0.643. The number of aromatic nitrogens is 3. The second kappa shape index (κ2) is 12.7. The van der Waals surface area contributed by atoms with Crippen molar-refractivity contribution in [3.8, 4) is 0 Å². The highest BCUT2D eigenvalue weighted by Crippen LogP contribution is 2.32. The van der Waals surface area contributed by atoms with Gasteiger partial charge in [0.2, 0.25) is 5.91 Å². The molecule has 2 saturated carbocycles. The number of carbonyl (C=O) groups excluding carboxylic acids is 2. The maximum atomic E-state index is 13.6. The maximum absolute atomic E-state index is 13.6. The summed E-state index contributed by atoms with van der Waals surface area (Å²) < 4.78 is 1.93. The second-order valence-corrected chi connectivity index (χ2v) is 11.6. The molecule has 1 heterocycles. The Morgan fingerprint density at radius 3 is 2.11 bits per heavy atom. The fourth-order valence-electron chi connectivity index (χ4n) is 5.69. The molecule has 196 valence electrons. The number of nitrogens with one attached hydrogen (secondary N) is 1. The lowest BCUT2D eigenvalue weighted by Gasteiger charge is -2.41. The molecule has 2 fully saturated rings. The van der Waals surface area contributed by atoms with Gasteiger partial charge in [0, 0.05) is 24.7 Å². The Bertz CT molecular complexity index is 979. The van der Waals surface area contributed by atoms with Crippen LogP contribution < -0.4 is 5.32 Å². The first-order chi connectivity index (χ1) is 17.5. The van der Waals surface area contributed by atoms with Crippen molar-refractivity contribution in [2.24, 2.45) is 13.0 Å². The van der Waals surface area contributed by atoms with Gasteiger partial charge in [-0.3, -0.25) is 9.59 Å². The molecular weight excluding hydrogens is 470 g/mol. The quantitative estimate of drug-likeness (QED) is 0.448. The zero-order valence-corrected chi connectivity index (χ0v) is 22.8. The van der Waals surface area contributed by atoms with Gasteiger partial charge >= 0.3 is 0 Å². The molecule has 36 heavy (non-hydrogen) atoms. The molecule has 1 aromatic carbocycles. The normalized spacial score (nSPS) is 18.2. The lowest BCUT2D eigenvalue weighted by molar-refractivity contribution is -0.135. The van der Waals surface area contributed by atoms with Crippen LogP contribution in [0.2, 0.25) is 0 Å². The van der Waals surface area contributed by atoms with E-state index in [1.165, 1.54) is 50.3 Å². The summed E-state index contributed by atoms with van der Waals surface area (Å²) in [7, 11) is 1.92. The van der Waals surface area contributed by atoms with E-state index >= 15 is 0 Å². The van der Waals surface area contributed by atoms with Crippen molar-refractivity contribution in [1.82, 2.24) is 25.0 Å². The Hall–Kier alpha value is -2.35.